The minimum atomic E-state index is -2.62. The van der Waals surface area contributed by atoms with E-state index in [0.29, 0.717) is 30.9 Å². The zero-order valence-corrected chi connectivity index (χ0v) is 18.3. The van der Waals surface area contributed by atoms with Crippen molar-refractivity contribution < 1.29 is 28.1 Å². The second kappa shape index (κ2) is 7.92. The largest absolute Gasteiger partial charge is 0.493 e. The summed E-state index contributed by atoms with van der Waals surface area (Å²) < 4.78 is 44.5. The van der Waals surface area contributed by atoms with Crippen molar-refractivity contribution in [2.75, 3.05) is 26.8 Å². The number of nitrogens with zero attached hydrogens (tertiary/aromatic N) is 1. The summed E-state index contributed by atoms with van der Waals surface area (Å²) in [5.41, 5.74) is 1.95. The number of ether oxygens (including phenoxy) is 3. The van der Waals surface area contributed by atoms with Gasteiger partial charge >= 0.3 is 0 Å². The number of methoxy groups -OCH3 is 1. The van der Waals surface area contributed by atoms with Crippen LogP contribution in [-0.2, 0) is 11.2 Å². The molecule has 1 aliphatic carbocycles. The fourth-order valence-electron chi connectivity index (χ4n) is 4.79. The third-order valence-corrected chi connectivity index (χ3v) is 6.57. The first kappa shape index (κ1) is 21.8. The summed E-state index contributed by atoms with van der Waals surface area (Å²) in [6, 6.07) is 3.98. The molecular weight excluding hydrogens is 392 g/mol. The van der Waals surface area contributed by atoms with Gasteiger partial charge in [-0.15, -0.1) is 0 Å². The molecule has 1 saturated heterocycles. The van der Waals surface area contributed by atoms with E-state index in [-0.39, 0.29) is 30.8 Å². The second-order valence-electron chi connectivity index (χ2n) is 9.84. The molecular formula is C23H33F2NO4. The summed E-state index contributed by atoms with van der Waals surface area (Å²) in [4.78, 5) is 2.36. The Morgan fingerprint density at radius 3 is 2.60 bits per heavy atom. The summed E-state index contributed by atoms with van der Waals surface area (Å²) in [5.74, 6) is -2.26. The molecule has 4 atom stereocenters. The van der Waals surface area contributed by atoms with Crippen LogP contribution in [0, 0.1) is 5.92 Å². The number of aliphatic hydroxyl groups excluding tert-OH is 1. The molecule has 0 radical (unpaired) electrons. The van der Waals surface area contributed by atoms with Crippen molar-refractivity contribution in [3.8, 4) is 11.5 Å². The molecule has 168 valence electrons. The highest BCUT2D eigenvalue weighted by Crippen LogP contribution is 2.45. The van der Waals surface area contributed by atoms with Gasteiger partial charge in [-0.1, -0.05) is 0 Å². The van der Waals surface area contributed by atoms with E-state index < -0.39 is 17.9 Å². The molecule has 1 saturated carbocycles. The van der Waals surface area contributed by atoms with Crippen LogP contribution in [0.25, 0.3) is 0 Å². The average molecular weight is 426 g/mol. The van der Waals surface area contributed by atoms with Gasteiger partial charge < -0.3 is 19.3 Å². The monoisotopic (exact) mass is 425 g/mol. The minimum Gasteiger partial charge on any atom is -0.493 e. The summed E-state index contributed by atoms with van der Waals surface area (Å²) >= 11 is 0. The van der Waals surface area contributed by atoms with Crippen LogP contribution in [0.5, 0.6) is 11.5 Å². The van der Waals surface area contributed by atoms with Gasteiger partial charge in [0.2, 0.25) is 0 Å². The highest BCUT2D eigenvalue weighted by molar-refractivity contribution is 5.49. The van der Waals surface area contributed by atoms with Crippen molar-refractivity contribution in [2.24, 2.45) is 5.92 Å². The van der Waals surface area contributed by atoms with E-state index in [1.165, 1.54) is 0 Å². The summed E-state index contributed by atoms with van der Waals surface area (Å²) in [7, 11) is 1.57. The maximum absolute atomic E-state index is 13.6. The number of alkyl halides is 2. The third-order valence-electron chi connectivity index (χ3n) is 6.57. The number of aliphatic hydroxyl groups is 1. The van der Waals surface area contributed by atoms with Gasteiger partial charge in [0.1, 0.15) is 0 Å². The van der Waals surface area contributed by atoms with E-state index in [1.54, 1.807) is 7.11 Å². The van der Waals surface area contributed by atoms with Gasteiger partial charge in [0, 0.05) is 25.6 Å². The summed E-state index contributed by atoms with van der Waals surface area (Å²) in [6.07, 6.45) is 1.11. The predicted octanol–water partition coefficient (Wildman–Crippen LogP) is 3.97. The Morgan fingerprint density at radius 2 is 2.00 bits per heavy atom. The van der Waals surface area contributed by atoms with Crippen LogP contribution in [0.1, 0.15) is 57.2 Å². The molecule has 1 N–H and O–H groups in total. The van der Waals surface area contributed by atoms with Crippen molar-refractivity contribution >= 4 is 0 Å². The number of fused-ring (bicyclic) bond motifs is 3. The van der Waals surface area contributed by atoms with E-state index in [2.05, 4.69) is 4.90 Å². The molecule has 30 heavy (non-hydrogen) atoms. The Hall–Kier alpha value is -1.44. The van der Waals surface area contributed by atoms with Crippen molar-refractivity contribution in [3.63, 3.8) is 0 Å². The first-order valence-corrected chi connectivity index (χ1v) is 10.9. The van der Waals surface area contributed by atoms with Crippen LogP contribution < -0.4 is 9.47 Å². The van der Waals surface area contributed by atoms with Gasteiger partial charge in [-0.2, -0.15) is 0 Å². The molecule has 0 aromatic heterocycles. The fourth-order valence-corrected chi connectivity index (χ4v) is 4.79. The molecule has 2 aliphatic heterocycles. The summed E-state index contributed by atoms with van der Waals surface area (Å²) in [6.45, 7) is 7.55. The Kier molecular flexibility index (Phi) is 5.75. The van der Waals surface area contributed by atoms with E-state index >= 15 is 0 Å². The lowest BCUT2D eigenvalue weighted by Crippen LogP contribution is -2.53. The zero-order chi connectivity index (χ0) is 21.7. The average Bonchev–Trinajstić information content (AvgIpc) is 2.66. The zero-order valence-electron chi connectivity index (χ0n) is 18.3. The Bertz CT molecular complexity index is 779. The van der Waals surface area contributed by atoms with Gasteiger partial charge in [0.15, 0.2) is 11.5 Å². The molecule has 2 heterocycles. The number of halogens is 2. The van der Waals surface area contributed by atoms with Crippen molar-refractivity contribution in [1.82, 2.24) is 4.90 Å². The quantitative estimate of drug-likeness (QED) is 0.774. The molecule has 1 unspecified atom stereocenters. The molecule has 3 aliphatic rings. The lowest BCUT2D eigenvalue weighted by atomic mass is 9.81. The van der Waals surface area contributed by atoms with Crippen molar-refractivity contribution in [3.05, 3.63) is 23.3 Å². The highest BCUT2D eigenvalue weighted by Gasteiger charge is 2.48. The van der Waals surface area contributed by atoms with Crippen LogP contribution in [0.3, 0.4) is 0 Å². The first-order valence-electron chi connectivity index (χ1n) is 10.9. The number of piperidine rings is 1. The maximum Gasteiger partial charge on any atom is 0.254 e. The van der Waals surface area contributed by atoms with E-state index in [1.807, 2.05) is 32.9 Å². The molecule has 4 rings (SSSR count). The lowest BCUT2D eigenvalue weighted by Gasteiger charge is -2.47. The number of hydrogen-bond donors (Lipinski definition) is 1. The van der Waals surface area contributed by atoms with E-state index in [4.69, 9.17) is 14.2 Å². The third kappa shape index (κ3) is 4.30. The standard InChI is InChI=1S/C23H33F2NO4/c1-22(2,3)30-21-12-26-8-6-14-9-20(29-13-15-5-7-23(15,24)25)19(28-4)10-16(14)17(26)11-18(21)27/h9-10,15,17-18,21,27H,5-8,11-13H2,1-4H3/t15?,17-,18-,21-/m1/s1. The van der Waals surface area contributed by atoms with E-state index in [0.717, 1.165) is 24.1 Å². The molecule has 1 aromatic rings. The fraction of sp³-hybridized carbons (Fsp3) is 0.739. The number of rotatable bonds is 5. The van der Waals surface area contributed by atoms with Crippen molar-refractivity contribution in [2.45, 2.75) is 76.2 Å². The predicted molar refractivity (Wildman–Crippen MR) is 109 cm³/mol. The molecule has 1 aromatic carbocycles. The molecule has 0 bridgehead atoms. The Balaban J connectivity index is 1.51. The van der Waals surface area contributed by atoms with Crippen molar-refractivity contribution in [1.29, 1.82) is 0 Å². The van der Waals surface area contributed by atoms with Gasteiger partial charge in [-0.25, -0.2) is 8.78 Å². The molecule has 5 nitrogen and oxygen atoms in total. The van der Waals surface area contributed by atoms with Gasteiger partial charge in [-0.05, 0) is 63.3 Å². The Labute approximate surface area is 177 Å². The van der Waals surface area contributed by atoms with Gasteiger partial charge in [0.25, 0.3) is 5.92 Å². The highest BCUT2D eigenvalue weighted by atomic mass is 19.3. The SMILES string of the molecule is COc1cc2c(cc1OCC1CCC1(F)F)CCN1C[C@@H](OC(C)(C)C)[C@H](O)C[C@H]21. The van der Waals surface area contributed by atoms with E-state index in [9.17, 15) is 13.9 Å². The molecule has 0 amide bonds. The molecule has 0 spiro atoms. The van der Waals surface area contributed by atoms with Crippen LogP contribution in [0.2, 0.25) is 0 Å². The molecule has 2 fully saturated rings. The Morgan fingerprint density at radius 1 is 1.23 bits per heavy atom. The van der Waals surface area contributed by atoms with Crippen LogP contribution in [-0.4, -0.2) is 60.5 Å². The maximum atomic E-state index is 13.6. The first-order chi connectivity index (χ1) is 14.1. The van der Waals surface area contributed by atoms with Gasteiger partial charge in [0.05, 0.1) is 37.4 Å². The second-order valence-corrected chi connectivity index (χ2v) is 9.84. The summed E-state index contributed by atoms with van der Waals surface area (Å²) in [5, 5.41) is 10.7. The normalized spacial score (nSPS) is 30.8. The number of benzene rings is 1. The minimum absolute atomic E-state index is 0.00222. The van der Waals surface area contributed by atoms with Crippen LogP contribution >= 0.6 is 0 Å². The topological polar surface area (TPSA) is 51.2 Å². The van der Waals surface area contributed by atoms with Gasteiger partial charge in [-0.3, -0.25) is 4.90 Å². The lowest BCUT2D eigenvalue weighted by molar-refractivity contribution is -0.149. The van der Waals surface area contributed by atoms with Crippen LogP contribution in [0.4, 0.5) is 8.78 Å². The van der Waals surface area contributed by atoms with Crippen LogP contribution in [0.15, 0.2) is 12.1 Å². The smallest absolute Gasteiger partial charge is 0.254 e. The molecule has 7 heteroatoms. The number of hydrogen-bond acceptors (Lipinski definition) is 5.